The van der Waals surface area contributed by atoms with Gasteiger partial charge in [-0.25, -0.2) is 5.84 Å². The van der Waals surface area contributed by atoms with E-state index >= 15 is 0 Å². The van der Waals surface area contributed by atoms with Crippen LogP contribution in [-0.4, -0.2) is 46.5 Å². The van der Waals surface area contributed by atoms with Gasteiger partial charge in [-0.3, -0.25) is 5.01 Å². The molecule has 18 heavy (non-hydrogen) atoms. The van der Waals surface area contributed by atoms with Crippen molar-refractivity contribution in [1.29, 1.82) is 0 Å². The minimum atomic E-state index is -0.00630. The molecule has 0 atom stereocenters. The smallest absolute Gasteiger partial charge is 0.233 e. The van der Waals surface area contributed by atoms with E-state index in [1.54, 1.807) is 12.1 Å². The van der Waals surface area contributed by atoms with Gasteiger partial charge in [0, 0.05) is 13.1 Å². The van der Waals surface area contributed by atoms with Gasteiger partial charge in [-0.05, 0) is 12.8 Å². The summed E-state index contributed by atoms with van der Waals surface area (Å²) in [6.07, 6.45) is 5.69. The molecule has 0 radical (unpaired) electrons. The second-order valence-electron chi connectivity index (χ2n) is 4.56. The zero-order valence-electron chi connectivity index (χ0n) is 10.8. The number of amidine groups is 1. The van der Waals surface area contributed by atoms with Crippen LogP contribution in [0.4, 0.5) is 0 Å². The number of hydrogen-bond donors (Lipinski definition) is 4. The molecule has 0 aliphatic heterocycles. The third-order valence-corrected chi connectivity index (χ3v) is 3.29. The Bertz CT molecular complexity index is 311. The summed E-state index contributed by atoms with van der Waals surface area (Å²) in [6, 6.07) is 0.265. The van der Waals surface area contributed by atoms with E-state index in [2.05, 4.69) is 10.3 Å². The molecule has 1 rings (SSSR count). The van der Waals surface area contributed by atoms with Gasteiger partial charge in [0.15, 0.2) is 5.84 Å². The molecule has 0 bridgehead atoms. The van der Waals surface area contributed by atoms with Crippen molar-refractivity contribution in [3.8, 4) is 0 Å². The van der Waals surface area contributed by atoms with Crippen molar-refractivity contribution in [3.63, 3.8) is 0 Å². The standard InChI is InChI=1S/C10H23N7O/c1-16(10(11)15-18)7-9(14-12)17(13)8-5-3-2-4-6-8/h8,18H,2-7,12-13H2,1H3,(H2,11,15)/b14-9-. The van der Waals surface area contributed by atoms with Crippen LogP contribution >= 0.6 is 0 Å². The van der Waals surface area contributed by atoms with Gasteiger partial charge >= 0.3 is 0 Å². The molecule has 1 aliphatic rings. The number of likely N-dealkylation sites (N-methyl/N-ethyl adjacent to an activating group) is 1. The molecule has 0 spiro atoms. The van der Waals surface area contributed by atoms with Gasteiger partial charge in [0.1, 0.15) is 0 Å². The van der Waals surface area contributed by atoms with E-state index in [9.17, 15) is 0 Å². The van der Waals surface area contributed by atoms with Crippen molar-refractivity contribution in [3.05, 3.63) is 0 Å². The number of oxime groups is 1. The lowest BCUT2D eigenvalue weighted by Gasteiger charge is -2.33. The van der Waals surface area contributed by atoms with Gasteiger partial charge in [0.05, 0.1) is 6.54 Å². The van der Waals surface area contributed by atoms with Crippen LogP contribution in [0.25, 0.3) is 0 Å². The van der Waals surface area contributed by atoms with E-state index < -0.39 is 0 Å². The number of hydrazine groups is 1. The second kappa shape index (κ2) is 6.90. The van der Waals surface area contributed by atoms with Crippen LogP contribution in [0.1, 0.15) is 32.1 Å². The average molecular weight is 257 g/mol. The molecule has 1 saturated carbocycles. The molecule has 7 N–H and O–H groups in total. The van der Waals surface area contributed by atoms with Gasteiger partial charge in [-0.2, -0.15) is 5.10 Å². The Kier molecular flexibility index (Phi) is 5.50. The quantitative estimate of drug-likeness (QED) is 0.176. The summed E-state index contributed by atoms with van der Waals surface area (Å²) in [5, 5.41) is 16.8. The SMILES string of the molecule is CN(C/C(=N/N)N(N)C1CCCCC1)/C(N)=N/O. The van der Waals surface area contributed by atoms with E-state index in [4.69, 9.17) is 22.6 Å². The lowest BCUT2D eigenvalue weighted by atomic mass is 9.95. The van der Waals surface area contributed by atoms with Crippen LogP contribution < -0.4 is 17.4 Å². The Balaban J connectivity index is 2.60. The van der Waals surface area contributed by atoms with Crippen molar-refractivity contribution in [2.75, 3.05) is 13.6 Å². The van der Waals surface area contributed by atoms with Gasteiger partial charge in [-0.1, -0.05) is 24.4 Å². The summed E-state index contributed by atoms with van der Waals surface area (Å²) in [4.78, 5) is 1.52. The molecule has 8 nitrogen and oxygen atoms in total. The van der Waals surface area contributed by atoms with Gasteiger partial charge in [0.25, 0.3) is 0 Å². The first-order chi connectivity index (χ1) is 8.60. The number of nitrogens with two attached hydrogens (primary N) is 3. The van der Waals surface area contributed by atoms with Crippen molar-refractivity contribution in [2.24, 2.45) is 27.7 Å². The summed E-state index contributed by atoms with van der Waals surface area (Å²) in [7, 11) is 1.68. The molecule has 1 fully saturated rings. The first kappa shape index (κ1) is 14.4. The van der Waals surface area contributed by atoms with Gasteiger partial charge in [-0.15, -0.1) is 0 Å². The van der Waals surface area contributed by atoms with Crippen molar-refractivity contribution in [2.45, 2.75) is 38.1 Å². The maximum absolute atomic E-state index is 8.58. The maximum Gasteiger partial charge on any atom is 0.233 e. The molecule has 0 saturated heterocycles. The number of guanidine groups is 1. The summed E-state index contributed by atoms with van der Waals surface area (Å²) < 4.78 is 0. The molecular weight excluding hydrogens is 234 g/mol. The maximum atomic E-state index is 8.58. The predicted molar refractivity (Wildman–Crippen MR) is 70.6 cm³/mol. The van der Waals surface area contributed by atoms with Crippen LogP contribution in [0, 0.1) is 0 Å². The zero-order valence-corrected chi connectivity index (χ0v) is 10.8. The topological polar surface area (TPSA) is 129 Å². The fraction of sp³-hybridized carbons (Fsp3) is 0.800. The van der Waals surface area contributed by atoms with Crippen LogP contribution in [0.3, 0.4) is 0 Å². The average Bonchev–Trinajstić information content (AvgIpc) is 2.43. The number of hydrazone groups is 1. The van der Waals surface area contributed by atoms with E-state index in [1.165, 1.54) is 24.2 Å². The Hall–Kier alpha value is -1.70. The minimum absolute atomic E-state index is 0.00630. The van der Waals surface area contributed by atoms with Crippen LogP contribution in [0.15, 0.2) is 10.3 Å². The molecule has 104 valence electrons. The first-order valence-corrected chi connectivity index (χ1v) is 6.09. The normalized spacial score (nSPS) is 18.8. The fourth-order valence-corrected chi connectivity index (χ4v) is 2.13. The number of hydrogen-bond acceptors (Lipinski definition) is 5. The molecule has 0 aromatic heterocycles. The molecule has 0 amide bonds. The molecule has 0 aromatic carbocycles. The van der Waals surface area contributed by atoms with Crippen molar-refractivity contribution < 1.29 is 5.21 Å². The Morgan fingerprint density at radius 3 is 2.44 bits per heavy atom. The van der Waals surface area contributed by atoms with E-state index in [0.717, 1.165) is 12.8 Å². The van der Waals surface area contributed by atoms with Crippen LogP contribution in [0.2, 0.25) is 0 Å². The monoisotopic (exact) mass is 257 g/mol. The van der Waals surface area contributed by atoms with Crippen LogP contribution in [-0.2, 0) is 0 Å². The Labute approximate surface area is 107 Å². The second-order valence-corrected chi connectivity index (χ2v) is 4.56. The van der Waals surface area contributed by atoms with Crippen molar-refractivity contribution in [1.82, 2.24) is 9.91 Å². The highest BCUT2D eigenvalue weighted by atomic mass is 16.4. The third kappa shape index (κ3) is 3.66. The van der Waals surface area contributed by atoms with E-state index in [-0.39, 0.29) is 12.0 Å². The summed E-state index contributed by atoms with van der Waals surface area (Å²) in [6.45, 7) is 0.305. The molecule has 0 aromatic rings. The highest BCUT2D eigenvalue weighted by Crippen LogP contribution is 2.20. The summed E-state index contributed by atoms with van der Waals surface area (Å²) >= 11 is 0. The van der Waals surface area contributed by atoms with E-state index in [0.29, 0.717) is 12.4 Å². The van der Waals surface area contributed by atoms with Gasteiger partial charge < -0.3 is 21.7 Å². The molecule has 8 heteroatoms. The third-order valence-electron chi connectivity index (χ3n) is 3.29. The highest BCUT2D eigenvalue weighted by molar-refractivity contribution is 5.88. The minimum Gasteiger partial charge on any atom is -0.408 e. The summed E-state index contributed by atoms with van der Waals surface area (Å²) in [5.41, 5.74) is 5.47. The molecule has 0 unspecified atom stereocenters. The highest BCUT2D eigenvalue weighted by Gasteiger charge is 2.22. The number of rotatable bonds is 3. The number of nitrogens with zero attached hydrogens (tertiary/aromatic N) is 4. The van der Waals surface area contributed by atoms with Crippen molar-refractivity contribution >= 4 is 11.8 Å². The Morgan fingerprint density at radius 1 is 1.33 bits per heavy atom. The summed E-state index contributed by atoms with van der Waals surface area (Å²) in [5.74, 6) is 11.9. The van der Waals surface area contributed by atoms with E-state index in [1.807, 2.05) is 0 Å². The lowest BCUT2D eigenvalue weighted by molar-refractivity contribution is 0.241. The molecule has 1 aliphatic carbocycles. The van der Waals surface area contributed by atoms with Gasteiger partial charge in [0.2, 0.25) is 5.96 Å². The molecular formula is C10H23N7O. The molecule has 0 heterocycles. The fourth-order valence-electron chi connectivity index (χ4n) is 2.13. The first-order valence-electron chi connectivity index (χ1n) is 6.09. The zero-order chi connectivity index (χ0) is 13.5. The lowest BCUT2D eigenvalue weighted by Crippen LogP contribution is -2.52. The Morgan fingerprint density at radius 2 is 1.94 bits per heavy atom. The largest absolute Gasteiger partial charge is 0.408 e. The van der Waals surface area contributed by atoms with Crippen LogP contribution in [0.5, 0.6) is 0 Å². The predicted octanol–water partition coefficient (Wildman–Crippen LogP) is -0.597.